The predicted octanol–water partition coefficient (Wildman–Crippen LogP) is -2.66. The van der Waals surface area contributed by atoms with E-state index < -0.39 is 48.2 Å². The van der Waals surface area contributed by atoms with Gasteiger partial charge in [-0.2, -0.15) is 0 Å². The summed E-state index contributed by atoms with van der Waals surface area (Å²) in [7, 11) is 0. The molecule has 160 valence electrons. The number of carbonyl (C=O) groups excluding carboxylic acids is 3. The Morgan fingerprint density at radius 1 is 1.07 bits per heavy atom. The summed E-state index contributed by atoms with van der Waals surface area (Å²) in [6.45, 7) is 3.84. The van der Waals surface area contributed by atoms with Crippen molar-refractivity contribution in [1.82, 2.24) is 10.6 Å². The molecule has 0 saturated carbocycles. The average molecular weight is 401 g/mol. The monoisotopic (exact) mass is 401 g/mol. The number of nitrogens with zero attached hydrogens (tertiary/aromatic N) is 1. The lowest BCUT2D eigenvalue weighted by molar-refractivity contribution is -0.144. The van der Waals surface area contributed by atoms with Crippen LogP contribution >= 0.6 is 0 Å². The molecule has 0 radical (unpaired) electrons. The van der Waals surface area contributed by atoms with Crippen molar-refractivity contribution in [3.8, 4) is 0 Å². The Balaban J connectivity index is 4.98. The van der Waals surface area contributed by atoms with Crippen LogP contribution in [0.5, 0.6) is 0 Å². The van der Waals surface area contributed by atoms with Crippen LogP contribution in [0.4, 0.5) is 0 Å². The minimum Gasteiger partial charge on any atom is -0.480 e. The van der Waals surface area contributed by atoms with Crippen LogP contribution in [0, 0.1) is 5.92 Å². The molecule has 4 unspecified atom stereocenters. The van der Waals surface area contributed by atoms with Crippen LogP contribution in [0.25, 0.3) is 0 Å². The third-order valence-corrected chi connectivity index (χ3v) is 4.12. The maximum atomic E-state index is 12.5. The fraction of sp³-hybridized carbons (Fsp3) is 0.688. The van der Waals surface area contributed by atoms with Gasteiger partial charge in [-0.3, -0.25) is 19.4 Å². The molecule has 0 aromatic carbocycles. The number of amides is 3. The van der Waals surface area contributed by atoms with Crippen molar-refractivity contribution in [2.45, 2.75) is 57.7 Å². The van der Waals surface area contributed by atoms with Gasteiger partial charge >= 0.3 is 5.97 Å². The van der Waals surface area contributed by atoms with E-state index in [-0.39, 0.29) is 18.3 Å². The van der Waals surface area contributed by atoms with Crippen molar-refractivity contribution >= 4 is 29.7 Å². The van der Waals surface area contributed by atoms with Gasteiger partial charge in [0, 0.05) is 6.54 Å². The lowest BCUT2D eigenvalue weighted by Crippen LogP contribution is -2.57. The molecule has 0 aliphatic rings. The molecule has 0 heterocycles. The average Bonchev–Trinajstić information content (AvgIpc) is 2.60. The van der Waals surface area contributed by atoms with Crippen molar-refractivity contribution in [2.24, 2.45) is 33.8 Å². The van der Waals surface area contributed by atoms with E-state index >= 15 is 0 Å². The van der Waals surface area contributed by atoms with Gasteiger partial charge in [-0.25, -0.2) is 4.79 Å². The van der Waals surface area contributed by atoms with Gasteiger partial charge in [0.25, 0.3) is 0 Å². The molecule has 0 bridgehead atoms. The number of primary amides is 1. The Kier molecular flexibility index (Phi) is 11.2. The van der Waals surface area contributed by atoms with Crippen molar-refractivity contribution in [3.05, 3.63) is 0 Å². The molecule has 28 heavy (non-hydrogen) atoms. The number of aliphatic carboxylic acids is 1. The normalized spacial score (nSPS) is 14.8. The van der Waals surface area contributed by atoms with Crippen molar-refractivity contribution in [1.29, 1.82) is 0 Å². The number of carboxylic acids is 1. The van der Waals surface area contributed by atoms with Crippen LogP contribution in [-0.4, -0.2) is 59.4 Å². The first-order valence-electron chi connectivity index (χ1n) is 8.92. The summed E-state index contributed by atoms with van der Waals surface area (Å²) in [5, 5.41) is 13.9. The number of hydrogen-bond donors (Lipinski definition) is 7. The van der Waals surface area contributed by atoms with Gasteiger partial charge in [0.1, 0.15) is 12.1 Å². The van der Waals surface area contributed by atoms with Crippen molar-refractivity contribution in [2.75, 3.05) is 6.54 Å². The third kappa shape index (κ3) is 9.71. The Labute approximate surface area is 163 Å². The molecule has 0 aromatic rings. The van der Waals surface area contributed by atoms with Gasteiger partial charge in [0.15, 0.2) is 5.96 Å². The second kappa shape index (κ2) is 12.5. The van der Waals surface area contributed by atoms with Crippen molar-refractivity contribution < 1.29 is 24.3 Å². The van der Waals surface area contributed by atoms with Crippen molar-refractivity contribution in [3.63, 3.8) is 0 Å². The highest BCUT2D eigenvalue weighted by Gasteiger charge is 2.31. The largest absolute Gasteiger partial charge is 0.480 e. The first-order chi connectivity index (χ1) is 13.0. The molecule has 0 spiro atoms. The molecular weight excluding hydrogens is 370 g/mol. The molecule has 12 nitrogen and oxygen atoms in total. The Morgan fingerprint density at radius 3 is 2.14 bits per heavy atom. The number of nitrogens with two attached hydrogens (primary N) is 4. The zero-order valence-electron chi connectivity index (χ0n) is 16.2. The Bertz CT molecular complexity index is 592. The quantitative estimate of drug-likeness (QED) is 0.0975. The van der Waals surface area contributed by atoms with E-state index in [4.69, 9.17) is 28.0 Å². The molecule has 12 heteroatoms. The highest BCUT2D eigenvalue weighted by atomic mass is 16.4. The zero-order valence-corrected chi connectivity index (χ0v) is 16.2. The van der Waals surface area contributed by atoms with Crippen LogP contribution in [0.1, 0.15) is 39.5 Å². The van der Waals surface area contributed by atoms with Crippen LogP contribution < -0.4 is 33.6 Å². The lowest BCUT2D eigenvalue weighted by Gasteiger charge is -2.26. The predicted molar refractivity (Wildman–Crippen MR) is 103 cm³/mol. The molecule has 0 rings (SSSR count). The minimum absolute atomic E-state index is 0.0597. The molecule has 0 aromatic heterocycles. The van der Waals surface area contributed by atoms with Crippen LogP contribution in [-0.2, 0) is 19.2 Å². The number of guanidine groups is 1. The fourth-order valence-electron chi connectivity index (χ4n) is 2.28. The second-order valence-electron chi connectivity index (χ2n) is 6.50. The summed E-state index contributed by atoms with van der Waals surface area (Å²) < 4.78 is 0. The summed E-state index contributed by atoms with van der Waals surface area (Å²) in [6, 6.07) is -3.40. The maximum absolute atomic E-state index is 12.5. The summed E-state index contributed by atoms with van der Waals surface area (Å²) in [5.74, 6) is -3.94. The van der Waals surface area contributed by atoms with E-state index in [1.54, 1.807) is 6.92 Å². The van der Waals surface area contributed by atoms with E-state index in [1.165, 1.54) is 0 Å². The first-order valence-corrected chi connectivity index (χ1v) is 8.92. The molecular formula is C16H31N7O5. The van der Waals surface area contributed by atoms with Gasteiger partial charge in [-0.05, 0) is 18.8 Å². The molecule has 0 saturated heterocycles. The van der Waals surface area contributed by atoms with E-state index in [9.17, 15) is 19.2 Å². The van der Waals surface area contributed by atoms with Gasteiger partial charge in [-0.1, -0.05) is 20.3 Å². The standard InChI is InChI=1S/C16H31N7O5/c1-3-8(2)12(14(26)22-10(15(27)28)7-11(18)24)23-13(25)9(17)5-4-6-21-16(19)20/h8-10,12H,3-7,17H2,1-2H3,(H2,18,24)(H,22,26)(H,23,25)(H,27,28)(H4,19,20,21). The fourth-order valence-corrected chi connectivity index (χ4v) is 2.28. The highest BCUT2D eigenvalue weighted by molar-refractivity contribution is 5.93. The van der Waals surface area contributed by atoms with E-state index in [0.717, 1.165) is 0 Å². The first kappa shape index (κ1) is 25.1. The Morgan fingerprint density at radius 2 is 1.68 bits per heavy atom. The molecule has 3 amide bonds. The Hall–Kier alpha value is -2.89. The van der Waals surface area contributed by atoms with Gasteiger partial charge in [0.2, 0.25) is 17.7 Å². The summed E-state index contributed by atoms with van der Waals surface area (Å²) in [4.78, 5) is 50.8. The summed E-state index contributed by atoms with van der Waals surface area (Å²) in [5.41, 5.74) is 21.3. The smallest absolute Gasteiger partial charge is 0.326 e. The van der Waals surface area contributed by atoms with Crippen LogP contribution in [0.3, 0.4) is 0 Å². The van der Waals surface area contributed by atoms with Gasteiger partial charge in [0.05, 0.1) is 12.5 Å². The van der Waals surface area contributed by atoms with Gasteiger partial charge < -0.3 is 38.7 Å². The zero-order chi connectivity index (χ0) is 21.9. The number of carbonyl (C=O) groups is 4. The number of carboxylic acid groups (broad SMARTS) is 1. The molecule has 0 fully saturated rings. The molecule has 0 aliphatic carbocycles. The topological polar surface area (TPSA) is 229 Å². The molecule has 11 N–H and O–H groups in total. The van der Waals surface area contributed by atoms with Crippen LogP contribution in [0.15, 0.2) is 4.99 Å². The maximum Gasteiger partial charge on any atom is 0.326 e. The van der Waals surface area contributed by atoms with Crippen LogP contribution in [0.2, 0.25) is 0 Å². The lowest BCUT2D eigenvalue weighted by atomic mass is 9.97. The molecule has 0 aliphatic heterocycles. The third-order valence-electron chi connectivity index (χ3n) is 4.12. The number of rotatable bonds is 13. The van der Waals surface area contributed by atoms with E-state index in [1.807, 2.05) is 6.92 Å². The van der Waals surface area contributed by atoms with E-state index in [2.05, 4.69) is 15.6 Å². The SMILES string of the molecule is CCC(C)C(NC(=O)C(N)CCCN=C(N)N)C(=O)NC(CC(N)=O)C(=O)O. The summed E-state index contributed by atoms with van der Waals surface area (Å²) in [6.07, 6.45) is 0.724. The number of hydrogen-bond acceptors (Lipinski definition) is 6. The molecule has 4 atom stereocenters. The van der Waals surface area contributed by atoms with E-state index in [0.29, 0.717) is 19.4 Å². The van der Waals surface area contributed by atoms with Gasteiger partial charge in [-0.15, -0.1) is 0 Å². The number of nitrogens with one attached hydrogen (secondary N) is 2. The minimum atomic E-state index is -1.48. The number of aliphatic imine (C=N–C) groups is 1. The second-order valence-corrected chi connectivity index (χ2v) is 6.50. The summed E-state index contributed by atoms with van der Waals surface area (Å²) >= 11 is 0. The highest BCUT2D eigenvalue weighted by Crippen LogP contribution is 2.10.